The van der Waals surface area contributed by atoms with Crippen LogP contribution in [0.2, 0.25) is 0 Å². The fourth-order valence-electron chi connectivity index (χ4n) is 4.72. The second-order valence-electron chi connectivity index (χ2n) is 9.66. The van der Waals surface area contributed by atoms with Gasteiger partial charge in [-0.05, 0) is 55.9 Å². The smallest absolute Gasteiger partial charge is 0.355 e. The van der Waals surface area contributed by atoms with Crippen molar-refractivity contribution in [2.45, 2.75) is 44.3 Å². The number of nitrogens with two attached hydrogens (primary N) is 1. The second kappa shape index (κ2) is 10.2. The van der Waals surface area contributed by atoms with E-state index in [0.29, 0.717) is 42.6 Å². The molecule has 1 aliphatic carbocycles. The van der Waals surface area contributed by atoms with Gasteiger partial charge in [-0.2, -0.15) is 18.3 Å². The average molecular weight is 546 g/mol. The Labute approximate surface area is 217 Å². The summed E-state index contributed by atoms with van der Waals surface area (Å²) >= 11 is 0. The Morgan fingerprint density at radius 1 is 1.11 bits per heavy atom. The fraction of sp³-hybridized carbons (Fsp3) is 0.308. The minimum atomic E-state index is -4.67. The van der Waals surface area contributed by atoms with E-state index in [1.54, 1.807) is 37.3 Å². The van der Waals surface area contributed by atoms with E-state index in [-0.39, 0.29) is 17.9 Å². The summed E-state index contributed by atoms with van der Waals surface area (Å²) in [7, 11) is -2.46. The van der Waals surface area contributed by atoms with Gasteiger partial charge >= 0.3 is 14.8 Å². The van der Waals surface area contributed by atoms with E-state index in [9.17, 15) is 13.2 Å². The van der Waals surface area contributed by atoms with Gasteiger partial charge in [0.2, 0.25) is 0 Å². The van der Waals surface area contributed by atoms with Gasteiger partial charge in [0.15, 0.2) is 11.5 Å². The van der Waals surface area contributed by atoms with Gasteiger partial charge in [0.1, 0.15) is 5.69 Å². The van der Waals surface area contributed by atoms with Crippen molar-refractivity contribution in [2.75, 3.05) is 6.61 Å². The zero-order valence-electron chi connectivity index (χ0n) is 20.4. The van der Waals surface area contributed by atoms with Gasteiger partial charge < -0.3 is 24.6 Å². The van der Waals surface area contributed by atoms with Crippen LogP contribution in [0, 0.1) is 0 Å². The number of fused-ring (bicyclic) bond motifs is 3. The van der Waals surface area contributed by atoms with E-state index in [1.807, 2.05) is 18.2 Å². The maximum absolute atomic E-state index is 14.2. The Morgan fingerprint density at radius 3 is 2.58 bits per heavy atom. The van der Waals surface area contributed by atoms with Crippen LogP contribution in [-0.2, 0) is 30.0 Å². The number of alkyl halides is 3. The van der Waals surface area contributed by atoms with Gasteiger partial charge in [0.25, 0.3) is 0 Å². The van der Waals surface area contributed by atoms with Crippen molar-refractivity contribution in [1.82, 2.24) is 14.9 Å². The molecule has 2 aromatic heterocycles. The number of hydrogen-bond donors (Lipinski definition) is 3. The van der Waals surface area contributed by atoms with E-state index >= 15 is 0 Å². The van der Waals surface area contributed by atoms with Crippen LogP contribution in [0.4, 0.5) is 13.2 Å². The molecule has 4 aromatic rings. The SMILES string of the molecule is CC(N)(CCc1ccc2c(c1)CCc1c-2noc1-c1cnn(-c2ccccc2)c1C(F)(F)F)COP(O)O. The van der Waals surface area contributed by atoms with Crippen LogP contribution in [0.25, 0.3) is 28.3 Å². The van der Waals surface area contributed by atoms with Crippen molar-refractivity contribution < 1.29 is 32.0 Å². The van der Waals surface area contributed by atoms with Crippen molar-refractivity contribution in [2.24, 2.45) is 5.73 Å². The van der Waals surface area contributed by atoms with Crippen LogP contribution >= 0.6 is 8.60 Å². The summed E-state index contributed by atoms with van der Waals surface area (Å²) in [6.07, 6.45) is -1.21. The molecule has 38 heavy (non-hydrogen) atoms. The molecule has 0 amide bonds. The lowest BCUT2D eigenvalue weighted by Crippen LogP contribution is -2.41. The lowest BCUT2D eigenvalue weighted by atomic mass is 9.86. The molecule has 0 saturated carbocycles. The minimum Gasteiger partial charge on any atom is -0.355 e. The fourth-order valence-corrected chi connectivity index (χ4v) is 5.13. The molecule has 2 heterocycles. The number of rotatable bonds is 8. The third kappa shape index (κ3) is 5.39. The maximum Gasteiger partial charge on any atom is 0.434 e. The first kappa shape index (κ1) is 26.5. The van der Waals surface area contributed by atoms with Crippen LogP contribution in [0.1, 0.15) is 35.7 Å². The lowest BCUT2D eigenvalue weighted by Gasteiger charge is -2.24. The summed E-state index contributed by atoms with van der Waals surface area (Å²) in [6.45, 7) is 1.80. The van der Waals surface area contributed by atoms with Gasteiger partial charge in [-0.1, -0.05) is 41.6 Å². The van der Waals surface area contributed by atoms with E-state index in [1.165, 1.54) is 6.20 Å². The molecule has 0 radical (unpaired) electrons. The van der Waals surface area contributed by atoms with Crippen molar-refractivity contribution >= 4 is 8.60 Å². The molecule has 8 nitrogen and oxygen atoms in total. The summed E-state index contributed by atoms with van der Waals surface area (Å²) in [5.41, 5.74) is 8.74. The highest BCUT2D eigenvalue weighted by atomic mass is 31.2. The molecule has 5 rings (SSSR count). The first-order chi connectivity index (χ1) is 18.0. The van der Waals surface area contributed by atoms with Crippen LogP contribution in [0.5, 0.6) is 0 Å². The van der Waals surface area contributed by atoms with Gasteiger partial charge in [0.05, 0.1) is 24.1 Å². The maximum atomic E-state index is 14.2. The van der Waals surface area contributed by atoms with E-state index in [2.05, 4.69) is 10.3 Å². The standard InChI is InChI=1S/C26H26F3N4O4P/c1-25(30,15-36-38(34)35)12-11-16-7-9-19-17(13-16)8-10-20-22(19)32-37-23(20)21-14-31-33(24(21)26(27,28)29)18-5-3-2-4-6-18/h2-7,9,13-14,34-35H,8,10-12,15,30H2,1H3. The molecular formula is C26H26F3N4O4P. The molecule has 0 bridgehead atoms. The van der Waals surface area contributed by atoms with Crippen LogP contribution in [0.15, 0.2) is 59.3 Å². The summed E-state index contributed by atoms with van der Waals surface area (Å²) in [6, 6.07) is 14.0. The Morgan fingerprint density at radius 2 is 1.87 bits per heavy atom. The van der Waals surface area contributed by atoms with Crippen molar-refractivity contribution in [3.8, 4) is 28.3 Å². The highest BCUT2D eigenvalue weighted by molar-refractivity contribution is 7.39. The largest absolute Gasteiger partial charge is 0.434 e. The summed E-state index contributed by atoms with van der Waals surface area (Å²) in [5, 5.41) is 8.21. The Hall–Kier alpha value is -3.08. The zero-order valence-corrected chi connectivity index (χ0v) is 21.3. The molecule has 4 N–H and O–H groups in total. The number of para-hydroxylation sites is 1. The highest BCUT2D eigenvalue weighted by Crippen LogP contribution is 2.44. The predicted octanol–water partition coefficient (Wildman–Crippen LogP) is 5.19. The molecule has 1 atom stereocenters. The first-order valence-electron chi connectivity index (χ1n) is 11.9. The number of aryl methyl sites for hydroxylation is 2. The Balaban J connectivity index is 1.43. The molecule has 1 aliphatic rings. The number of aromatic nitrogens is 3. The third-order valence-corrected chi connectivity index (χ3v) is 6.99. The molecular weight excluding hydrogens is 520 g/mol. The predicted molar refractivity (Wildman–Crippen MR) is 135 cm³/mol. The molecule has 0 spiro atoms. The summed E-state index contributed by atoms with van der Waals surface area (Å²) in [5.74, 6) is 0.0795. The molecule has 0 aliphatic heterocycles. The monoisotopic (exact) mass is 546 g/mol. The van der Waals surface area contributed by atoms with Crippen molar-refractivity contribution in [3.05, 3.63) is 77.1 Å². The molecule has 1 unspecified atom stereocenters. The van der Waals surface area contributed by atoms with Gasteiger partial charge in [-0.3, -0.25) is 0 Å². The van der Waals surface area contributed by atoms with Crippen molar-refractivity contribution in [3.63, 3.8) is 0 Å². The quantitative estimate of drug-likeness (QED) is 0.260. The molecule has 12 heteroatoms. The van der Waals surface area contributed by atoms with E-state index in [0.717, 1.165) is 21.4 Å². The zero-order chi connectivity index (χ0) is 27.1. The normalized spacial score (nSPS) is 14.8. The van der Waals surface area contributed by atoms with E-state index < -0.39 is 26.0 Å². The molecule has 2 aromatic carbocycles. The number of benzene rings is 2. The molecule has 200 valence electrons. The van der Waals surface area contributed by atoms with Gasteiger partial charge in [-0.15, -0.1) is 0 Å². The Bertz CT molecular complexity index is 1430. The van der Waals surface area contributed by atoms with E-state index in [4.69, 9.17) is 24.6 Å². The van der Waals surface area contributed by atoms with Crippen molar-refractivity contribution in [1.29, 1.82) is 0 Å². The topological polar surface area (TPSA) is 120 Å². The second-order valence-corrected chi connectivity index (χ2v) is 10.4. The first-order valence-corrected chi connectivity index (χ1v) is 13.1. The average Bonchev–Trinajstić information content (AvgIpc) is 3.51. The Kier molecular flexibility index (Phi) is 7.15. The molecule has 0 fully saturated rings. The number of nitrogens with zero attached hydrogens (tertiary/aromatic N) is 3. The van der Waals surface area contributed by atoms with Gasteiger partial charge in [0, 0.05) is 16.7 Å². The molecule has 0 saturated heterocycles. The van der Waals surface area contributed by atoms with Crippen LogP contribution in [0.3, 0.4) is 0 Å². The van der Waals surface area contributed by atoms with Gasteiger partial charge in [-0.25, -0.2) is 4.68 Å². The summed E-state index contributed by atoms with van der Waals surface area (Å²) in [4.78, 5) is 17.9. The lowest BCUT2D eigenvalue weighted by molar-refractivity contribution is -0.142. The third-order valence-electron chi connectivity index (χ3n) is 6.63. The summed E-state index contributed by atoms with van der Waals surface area (Å²) < 4.78 is 53.9. The van der Waals surface area contributed by atoms with Crippen LogP contribution < -0.4 is 5.73 Å². The highest BCUT2D eigenvalue weighted by Gasteiger charge is 2.41. The van der Waals surface area contributed by atoms with Crippen LogP contribution in [-0.4, -0.2) is 36.9 Å². The number of hydrogen-bond acceptors (Lipinski definition) is 7. The number of halogens is 3. The minimum absolute atomic E-state index is 0.0164.